The number of hydrogen-bond donors (Lipinski definition) is 2. The monoisotopic (exact) mass is 472 g/mol. The molecule has 1 aromatic carbocycles. The number of nitrogens with zero attached hydrogens (tertiary/aromatic N) is 2. The first-order valence-electron chi connectivity index (χ1n) is 12.9. The molecular weight excluding hydrogens is 428 g/mol. The first kappa shape index (κ1) is 26.1. The van der Waals surface area contributed by atoms with Gasteiger partial charge in [-0.3, -0.25) is 14.1 Å². The van der Waals surface area contributed by atoms with Gasteiger partial charge in [-0.05, 0) is 87.1 Å². The van der Waals surface area contributed by atoms with Gasteiger partial charge in [-0.25, -0.2) is 0 Å². The summed E-state index contributed by atoms with van der Waals surface area (Å²) < 4.78 is 2.43. The van der Waals surface area contributed by atoms with Crippen LogP contribution in [-0.2, 0) is 11.2 Å². The summed E-state index contributed by atoms with van der Waals surface area (Å²) in [6.07, 6.45) is 7.55. The van der Waals surface area contributed by atoms with E-state index >= 15 is 0 Å². The molecule has 1 aliphatic carbocycles. The van der Waals surface area contributed by atoms with E-state index in [1.54, 1.807) is 0 Å². The predicted octanol–water partition coefficient (Wildman–Crippen LogP) is 5.60. The molecule has 2 fully saturated rings. The molecule has 6 heteroatoms. The standard InChI is InChI=1S/C25H38N4OS.C2H6/c1-16-5-7-20(8-6-16)23-27-24(30)25(28-23)10-12-29(13-11-25)31-14-9-21-17(2)15-22(26)19(4)18(21)3;1-2/h15-16,20H,5-14,26H2,1-4H3,(H,27,28,30);1-2H3. The second-order valence-electron chi connectivity index (χ2n) is 9.96. The summed E-state index contributed by atoms with van der Waals surface area (Å²) in [4.78, 5) is 17.9. The Hall–Kier alpha value is -1.53. The van der Waals surface area contributed by atoms with E-state index < -0.39 is 5.54 Å². The van der Waals surface area contributed by atoms with Crippen molar-refractivity contribution < 1.29 is 4.79 Å². The van der Waals surface area contributed by atoms with Gasteiger partial charge in [-0.2, -0.15) is 0 Å². The number of benzene rings is 1. The van der Waals surface area contributed by atoms with Gasteiger partial charge in [0.2, 0.25) is 0 Å². The summed E-state index contributed by atoms with van der Waals surface area (Å²) in [6, 6.07) is 2.11. The Morgan fingerprint density at radius 1 is 1.12 bits per heavy atom. The molecule has 0 bridgehead atoms. The lowest BCUT2D eigenvalue weighted by molar-refractivity contribution is -0.124. The molecule has 1 saturated carbocycles. The van der Waals surface area contributed by atoms with E-state index in [4.69, 9.17) is 10.7 Å². The van der Waals surface area contributed by atoms with Gasteiger partial charge < -0.3 is 11.1 Å². The molecule has 5 nitrogen and oxygen atoms in total. The van der Waals surface area contributed by atoms with Crippen molar-refractivity contribution in [2.75, 3.05) is 24.6 Å². The first-order valence-corrected chi connectivity index (χ1v) is 13.9. The van der Waals surface area contributed by atoms with Crippen LogP contribution in [0.4, 0.5) is 5.69 Å². The second-order valence-corrected chi connectivity index (χ2v) is 11.1. The van der Waals surface area contributed by atoms with Gasteiger partial charge in [-0.15, -0.1) is 0 Å². The molecule has 1 saturated heterocycles. The number of nitrogen functional groups attached to an aromatic ring is 1. The summed E-state index contributed by atoms with van der Waals surface area (Å²) in [5, 5.41) is 3.18. The van der Waals surface area contributed by atoms with Crippen LogP contribution in [0.25, 0.3) is 0 Å². The predicted molar refractivity (Wildman–Crippen MR) is 143 cm³/mol. The van der Waals surface area contributed by atoms with Gasteiger partial charge in [0.15, 0.2) is 0 Å². The van der Waals surface area contributed by atoms with Crippen LogP contribution in [0.15, 0.2) is 11.1 Å². The summed E-state index contributed by atoms with van der Waals surface area (Å²) in [7, 11) is 0. The number of anilines is 1. The molecule has 2 heterocycles. The fraction of sp³-hybridized carbons (Fsp3) is 0.704. The van der Waals surface area contributed by atoms with E-state index in [-0.39, 0.29) is 5.91 Å². The zero-order valence-corrected chi connectivity index (χ0v) is 22.4. The molecule has 33 heavy (non-hydrogen) atoms. The van der Waals surface area contributed by atoms with Gasteiger partial charge in [0, 0.05) is 30.4 Å². The lowest BCUT2D eigenvalue weighted by atomic mass is 9.82. The fourth-order valence-corrected chi connectivity index (χ4v) is 6.42. The molecule has 0 radical (unpaired) electrons. The molecule has 2 aliphatic heterocycles. The Morgan fingerprint density at radius 3 is 2.39 bits per heavy atom. The number of carbonyl (C=O) groups excluding carboxylic acids is 1. The van der Waals surface area contributed by atoms with E-state index in [1.165, 1.54) is 47.9 Å². The van der Waals surface area contributed by atoms with Gasteiger partial charge in [0.1, 0.15) is 11.4 Å². The molecule has 184 valence electrons. The second kappa shape index (κ2) is 11.3. The Labute approximate surface area is 205 Å². The number of piperidine rings is 1. The summed E-state index contributed by atoms with van der Waals surface area (Å²) >= 11 is 1.91. The van der Waals surface area contributed by atoms with E-state index in [9.17, 15) is 4.79 Å². The number of amides is 1. The Bertz CT molecular complexity index is 865. The summed E-state index contributed by atoms with van der Waals surface area (Å²) in [5.41, 5.74) is 11.8. The van der Waals surface area contributed by atoms with E-state index in [1.807, 2.05) is 25.8 Å². The van der Waals surface area contributed by atoms with Gasteiger partial charge >= 0.3 is 0 Å². The number of rotatable bonds is 5. The molecular formula is C27H44N4OS. The van der Waals surface area contributed by atoms with E-state index in [0.717, 1.165) is 55.5 Å². The van der Waals surface area contributed by atoms with Crippen molar-refractivity contribution in [3.63, 3.8) is 0 Å². The number of hydrogen-bond acceptors (Lipinski definition) is 5. The lowest BCUT2D eigenvalue weighted by Crippen LogP contribution is -2.47. The Balaban J connectivity index is 0.00000149. The maximum Gasteiger partial charge on any atom is 0.253 e. The highest BCUT2D eigenvalue weighted by molar-refractivity contribution is 7.97. The lowest BCUT2D eigenvalue weighted by Gasteiger charge is -2.34. The quantitative estimate of drug-likeness (QED) is 0.432. The number of amidine groups is 1. The maximum absolute atomic E-state index is 12.8. The number of aliphatic imine (C=N–C) groups is 1. The molecule has 1 spiro atoms. The number of nitrogens with one attached hydrogen (secondary N) is 1. The van der Waals surface area contributed by atoms with Crippen LogP contribution in [-0.4, -0.2) is 40.4 Å². The average molecular weight is 473 g/mol. The first-order chi connectivity index (χ1) is 15.8. The minimum Gasteiger partial charge on any atom is -0.398 e. The molecule has 0 atom stereocenters. The Kier molecular flexibility index (Phi) is 8.90. The van der Waals surface area contributed by atoms with Crippen molar-refractivity contribution in [1.82, 2.24) is 9.62 Å². The summed E-state index contributed by atoms with van der Waals surface area (Å²) in [5.74, 6) is 3.46. The van der Waals surface area contributed by atoms with E-state index in [2.05, 4.69) is 43.4 Å². The van der Waals surface area contributed by atoms with Gasteiger partial charge in [0.05, 0.1) is 0 Å². The molecule has 1 amide bonds. The van der Waals surface area contributed by atoms with Crippen LogP contribution in [0.5, 0.6) is 0 Å². The number of nitrogens with two attached hydrogens (primary N) is 1. The highest BCUT2D eigenvalue weighted by atomic mass is 32.2. The average Bonchev–Trinajstić information content (AvgIpc) is 3.13. The normalized spacial score (nSPS) is 24.8. The van der Waals surface area contributed by atoms with Crippen LogP contribution in [0, 0.1) is 32.6 Å². The molecule has 4 rings (SSSR count). The molecule has 3 aliphatic rings. The third kappa shape index (κ3) is 5.76. The van der Waals surface area contributed by atoms with Crippen LogP contribution < -0.4 is 11.1 Å². The van der Waals surface area contributed by atoms with Crippen molar-refractivity contribution in [3.05, 3.63) is 28.3 Å². The smallest absolute Gasteiger partial charge is 0.253 e. The number of aryl methyl sites for hydroxylation is 1. The molecule has 3 N–H and O–H groups in total. The SMILES string of the molecule is CC.Cc1cc(N)c(C)c(C)c1CCSN1CCC2(CC1)N=C(C1CCC(C)CC1)NC2=O. The topological polar surface area (TPSA) is 70.7 Å². The molecule has 0 aromatic heterocycles. The van der Waals surface area contributed by atoms with Crippen molar-refractivity contribution in [2.45, 2.75) is 92.0 Å². The third-order valence-electron chi connectivity index (χ3n) is 7.87. The van der Waals surface area contributed by atoms with Crippen LogP contribution in [0.1, 0.15) is 81.5 Å². The fourth-order valence-electron chi connectivity index (χ4n) is 5.42. The van der Waals surface area contributed by atoms with Crippen molar-refractivity contribution in [1.29, 1.82) is 0 Å². The molecule has 0 unspecified atom stereocenters. The number of carbonyl (C=O) groups is 1. The minimum atomic E-state index is -0.503. The minimum absolute atomic E-state index is 0.148. The zero-order chi connectivity index (χ0) is 24.2. The van der Waals surface area contributed by atoms with Crippen molar-refractivity contribution >= 4 is 29.4 Å². The van der Waals surface area contributed by atoms with Crippen molar-refractivity contribution in [3.8, 4) is 0 Å². The highest BCUT2D eigenvalue weighted by Crippen LogP contribution is 2.36. The summed E-state index contributed by atoms with van der Waals surface area (Å²) in [6.45, 7) is 14.6. The van der Waals surface area contributed by atoms with Crippen LogP contribution in [0.2, 0.25) is 0 Å². The highest BCUT2D eigenvalue weighted by Gasteiger charge is 2.47. The van der Waals surface area contributed by atoms with Crippen LogP contribution >= 0.6 is 11.9 Å². The van der Waals surface area contributed by atoms with Crippen LogP contribution in [0.3, 0.4) is 0 Å². The van der Waals surface area contributed by atoms with E-state index in [0.29, 0.717) is 5.92 Å². The third-order valence-corrected chi connectivity index (χ3v) is 8.99. The zero-order valence-electron chi connectivity index (χ0n) is 21.6. The van der Waals surface area contributed by atoms with Gasteiger partial charge in [-0.1, -0.05) is 45.6 Å². The van der Waals surface area contributed by atoms with Gasteiger partial charge in [0.25, 0.3) is 5.91 Å². The largest absolute Gasteiger partial charge is 0.398 e. The molecule has 1 aromatic rings. The Morgan fingerprint density at radius 2 is 1.76 bits per heavy atom. The maximum atomic E-state index is 12.8. The van der Waals surface area contributed by atoms with Crippen molar-refractivity contribution in [2.24, 2.45) is 16.8 Å².